The second kappa shape index (κ2) is 2.63. The minimum absolute atomic E-state index is 1.10. The van der Waals surface area contributed by atoms with E-state index in [-0.39, 0.29) is 0 Å². The van der Waals surface area contributed by atoms with Gasteiger partial charge in [0.1, 0.15) is 0 Å². The van der Waals surface area contributed by atoms with Crippen LogP contribution in [0.25, 0.3) is 0 Å². The van der Waals surface area contributed by atoms with E-state index >= 15 is 0 Å². The van der Waals surface area contributed by atoms with Crippen molar-refractivity contribution in [3.63, 3.8) is 0 Å². The molecule has 0 rings (SSSR count). The molecule has 0 saturated heterocycles. The van der Waals surface area contributed by atoms with Crippen molar-refractivity contribution in [2.24, 2.45) is 0 Å². The standard InChI is InChI=1S/CB2O3/c2-5-1(4)6-3. The van der Waals surface area contributed by atoms with Crippen molar-refractivity contribution in [2.45, 2.75) is 0 Å². The Balaban J connectivity index is 2.99. The fourth-order valence-electron chi connectivity index (χ4n) is 0.0278. The topological polar surface area (TPSA) is 35.5 Å². The third kappa shape index (κ3) is 1.69. The monoisotopic (exact) mass is 82.0 g/mol. The quantitative estimate of drug-likeness (QED) is 0.362. The molecule has 0 aromatic heterocycles. The first-order valence-electron chi connectivity index (χ1n) is 1.08. The maximum absolute atomic E-state index is 9.49. The minimum Gasteiger partial charge on any atom is -0.514 e. The molecule has 0 saturated carbocycles. The molecule has 0 unspecified atom stereocenters. The highest BCUT2D eigenvalue weighted by Gasteiger charge is 1.88. The van der Waals surface area contributed by atoms with E-state index < -0.39 is 6.16 Å². The molecule has 3 nitrogen and oxygen atoms in total. The summed E-state index contributed by atoms with van der Waals surface area (Å²) in [6.07, 6.45) is -1.10. The minimum atomic E-state index is -1.10. The van der Waals surface area contributed by atoms with Crippen LogP contribution in [0.15, 0.2) is 0 Å². The molecule has 28 valence electrons. The lowest BCUT2D eigenvalue weighted by Crippen LogP contribution is -2.00. The number of rotatable bonds is 0. The SMILES string of the molecule is [B]OC(=O)O[B]. The highest BCUT2D eigenvalue weighted by Crippen LogP contribution is 1.70. The van der Waals surface area contributed by atoms with Gasteiger partial charge in [-0.1, -0.05) is 0 Å². The van der Waals surface area contributed by atoms with Crippen LogP contribution in [-0.2, 0) is 9.31 Å². The summed E-state index contributed by atoms with van der Waals surface area (Å²) in [7, 11) is 8.46. The summed E-state index contributed by atoms with van der Waals surface area (Å²) >= 11 is 0. The Hall–Kier alpha value is -0.600. The van der Waals surface area contributed by atoms with Crippen molar-refractivity contribution >= 4 is 22.3 Å². The highest BCUT2D eigenvalue weighted by molar-refractivity contribution is 6.09. The Morgan fingerprint density at radius 1 is 1.33 bits per heavy atom. The first kappa shape index (κ1) is 5.40. The Morgan fingerprint density at radius 3 is 1.67 bits per heavy atom. The van der Waals surface area contributed by atoms with E-state index in [0.717, 1.165) is 0 Å². The first-order valence-corrected chi connectivity index (χ1v) is 1.08. The summed E-state index contributed by atoms with van der Waals surface area (Å²) in [6, 6.07) is 0. The molecule has 0 aliphatic carbocycles. The Labute approximate surface area is 37.5 Å². The van der Waals surface area contributed by atoms with E-state index in [9.17, 15) is 4.79 Å². The molecule has 0 bridgehead atoms. The van der Waals surface area contributed by atoms with Crippen LogP contribution in [0.3, 0.4) is 0 Å². The normalized spacial score (nSPS) is 6.67. The second-order valence-electron chi connectivity index (χ2n) is 0.486. The van der Waals surface area contributed by atoms with Crippen molar-refractivity contribution in [1.29, 1.82) is 0 Å². The van der Waals surface area contributed by atoms with Crippen molar-refractivity contribution in [3.05, 3.63) is 0 Å². The number of carbonyl (C=O) groups is 1. The number of carbonyl (C=O) groups excluding carboxylic acids is 1. The lowest BCUT2D eigenvalue weighted by atomic mass is 10.6. The fraction of sp³-hybridized carbons (Fsp3) is 0. The van der Waals surface area contributed by atoms with Crippen LogP contribution in [0, 0.1) is 0 Å². The molecule has 4 radical (unpaired) electrons. The molecule has 0 aliphatic heterocycles. The van der Waals surface area contributed by atoms with Gasteiger partial charge in [0.25, 0.3) is 0 Å². The van der Waals surface area contributed by atoms with Crippen LogP contribution in [0.1, 0.15) is 0 Å². The van der Waals surface area contributed by atoms with Gasteiger partial charge in [0.05, 0.1) is 0 Å². The molecule has 6 heavy (non-hydrogen) atoms. The molecule has 0 aliphatic rings. The van der Waals surface area contributed by atoms with Gasteiger partial charge < -0.3 is 9.31 Å². The summed E-state index contributed by atoms with van der Waals surface area (Å²) in [5.41, 5.74) is 0. The van der Waals surface area contributed by atoms with Crippen LogP contribution in [0.4, 0.5) is 4.79 Å². The predicted octanol–water partition coefficient (Wildman–Crippen LogP) is -0.693. The predicted molar refractivity (Wildman–Crippen MR) is 19.1 cm³/mol. The van der Waals surface area contributed by atoms with Gasteiger partial charge in [0.2, 0.25) is 0 Å². The van der Waals surface area contributed by atoms with Crippen LogP contribution in [-0.4, -0.2) is 22.3 Å². The number of hydrogen-bond acceptors (Lipinski definition) is 3. The van der Waals surface area contributed by atoms with E-state index in [2.05, 4.69) is 25.4 Å². The van der Waals surface area contributed by atoms with Crippen molar-refractivity contribution in [3.8, 4) is 0 Å². The lowest BCUT2D eigenvalue weighted by molar-refractivity contribution is 0.160. The fourth-order valence-corrected chi connectivity index (χ4v) is 0.0278. The van der Waals surface area contributed by atoms with Gasteiger partial charge >= 0.3 is 22.3 Å². The Bertz CT molecular complexity index is 46.8. The third-order valence-electron chi connectivity index (χ3n) is 0.192. The van der Waals surface area contributed by atoms with Gasteiger partial charge in [-0.2, -0.15) is 0 Å². The Kier molecular flexibility index (Phi) is 2.36. The van der Waals surface area contributed by atoms with Crippen LogP contribution < -0.4 is 0 Å². The van der Waals surface area contributed by atoms with E-state index in [4.69, 9.17) is 0 Å². The molecule has 0 aromatic carbocycles. The van der Waals surface area contributed by atoms with Crippen molar-refractivity contribution < 1.29 is 14.1 Å². The molecular formula is CB2O3. The summed E-state index contributed by atoms with van der Waals surface area (Å²) < 4.78 is 6.83. The summed E-state index contributed by atoms with van der Waals surface area (Å²) in [5, 5.41) is 0. The lowest BCUT2D eigenvalue weighted by Gasteiger charge is -1.91. The molecule has 0 spiro atoms. The Morgan fingerprint density at radius 2 is 1.67 bits per heavy atom. The molecule has 0 atom stereocenters. The molecule has 0 aromatic rings. The van der Waals surface area contributed by atoms with Crippen molar-refractivity contribution in [2.75, 3.05) is 0 Å². The molecular weight excluding hydrogens is 81.6 g/mol. The van der Waals surface area contributed by atoms with Crippen LogP contribution in [0.2, 0.25) is 0 Å². The van der Waals surface area contributed by atoms with Crippen molar-refractivity contribution in [1.82, 2.24) is 0 Å². The van der Waals surface area contributed by atoms with Gasteiger partial charge in [-0.3, -0.25) is 0 Å². The largest absolute Gasteiger partial charge is 0.514 e. The smallest absolute Gasteiger partial charge is 0.470 e. The first-order chi connectivity index (χ1) is 2.81. The third-order valence-corrected chi connectivity index (χ3v) is 0.192. The van der Waals surface area contributed by atoms with E-state index in [1.54, 1.807) is 0 Å². The van der Waals surface area contributed by atoms with E-state index in [0.29, 0.717) is 0 Å². The maximum Gasteiger partial charge on any atom is 0.470 e. The van der Waals surface area contributed by atoms with Gasteiger partial charge in [-0.05, 0) is 0 Å². The second-order valence-corrected chi connectivity index (χ2v) is 0.486. The summed E-state index contributed by atoms with van der Waals surface area (Å²) in [6.45, 7) is 0. The zero-order chi connectivity index (χ0) is 4.99. The summed E-state index contributed by atoms with van der Waals surface area (Å²) in [4.78, 5) is 9.49. The number of hydrogen-bond donors (Lipinski definition) is 0. The van der Waals surface area contributed by atoms with Crippen LogP contribution >= 0.6 is 0 Å². The zero-order valence-corrected chi connectivity index (χ0v) is 2.88. The molecule has 0 N–H and O–H groups in total. The molecule has 0 amide bonds. The van der Waals surface area contributed by atoms with Gasteiger partial charge in [0, 0.05) is 0 Å². The van der Waals surface area contributed by atoms with E-state index in [1.165, 1.54) is 0 Å². The van der Waals surface area contributed by atoms with E-state index in [1.807, 2.05) is 0 Å². The average molecular weight is 81.6 g/mol. The van der Waals surface area contributed by atoms with Crippen LogP contribution in [0.5, 0.6) is 0 Å². The summed E-state index contributed by atoms with van der Waals surface area (Å²) in [5.74, 6) is 0. The molecule has 0 heterocycles. The van der Waals surface area contributed by atoms with Gasteiger partial charge in [0.15, 0.2) is 0 Å². The molecule has 5 heteroatoms. The molecule has 0 fully saturated rings. The van der Waals surface area contributed by atoms with Gasteiger partial charge in [-0.25, -0.2) is 4.79 Å². The average Bonchev–Trinajstić information content (AvgIpc) is 1.65. The zero-order valence-electron chi connectivity index (χ0n) is 2.88. The maximum atomic E-state index is 9.49. The van der Waals surface area contributed by atoms with Gasteiger partial charge in [-0.15, -0.1) is 0 Å². The highest BCUT2D eigenvalue weighted by atomic mass is 16.7.